The highest BCUT2D eigenvalue weighted by Crippen LogP contribution is 2.03. The highest BCUT2D eigenvalue weighted by molar-refractivity contribution is 5.75. The quantitative estimate of drug-likeness (QED) is 0.689. The summed E-state index contributed by atoms with van der Waals surface area (Å²) in [4.78, 5) is 11.3. The van der Waals surface area contributed by atoms with E-state index >= 15 is 0 Å². The molecule has 0 saturated heterocycles. The fourth-order valence-electron chi connectivity index (χ4n) is 1.60. The number of aromatic nitrogens is 2. The summed E-state index contributed by atoms with van der Waals surface area (Å²) in [6.07, 6.45) is 3.51. The summed E-state index contributed by atoms with van der Waals surface area (Å²) in [6, 6.07) is 0. The van der Waals surface area contributed by atoms with Crippen molar-refractivity contribution in [2.45, 2.75) is 33.2 Å². The number of hydrogen-bond donors (Lipinski definition) is 2. The Balaban J connectivity index is 2.16. The third-order valence-corrected chi connectivity index (χ3v) is 2.53. The second kappa shape index (κ2) is 7.06. The summed E-state index contributed by atoms with van der Waals surface area (Å²) >= 11 is 0. The predicted molar refractivity (Wildman–Crippen MR) is 67.6 cm³/mol. The van der Waals surface area contributed by atoms with Crippen molar-refractivity contribution < 1.29 is 4.79 Å². The van der Waals surface area contributed by atoms with Gasteiger partial charge in [-0.05, 0) is 13.3 Å². The second-order valence-corrected chi connectivity index (χ2v) is 4.19. The fraction of sp³-hybridized carbons (Fsp3) is 0.667. The number of amides is 1. The van der Waals surface area contributed by atoms with E-state index in [0.717, 1.165) is 25.2 Å². The van der Waals surface area contributed by atoms with E-state index in [2.05, 4.69) is 15.7 Å². The molecule has 5 nitrogen and oxygen atoms in total. The van der Waals surface area contributed by atoms with Crippen molar-refractivity contribution in [3.8, 4) is 0 Å². The normalized spacial score (nSPS) is 10.5. The molecule has 1 heterocycles. The van der Waals surface area contributed by atoms with Crippen LogP contribution in [0.3, 0.4) is 0 Å². The number of nitrogens with one attached hydrogen (secondary N) is 2. The van der Waals surface area contributed by atoms with Crippen LogP contribution in [0.25, 0.3) is 0 Å². The van der Waals surface area contributed by atoms with Gasteiger partial charge in [0.25, 0.3) is 0 Å². The van der Waals surface area contributed by atoms with Crippen molar-refractivity contribution in [2.75, 3.05) is 13.1 Å². The van der Waals surface area contributed by atoms with E-state index in [1.807, 2.05) is 27.1 Å². The lowest BCUT2D eigenvalue weighted by molar-refractivity contribution is -0.120. The van der Waals surface area contributed by atoms with Gasteiger partial charge in [0.1, 0.15) is 0 Å². The molecule has 0 atom stereocenters. The standard InChI is InChI=1S/C12H22N4O/c1-4-6-14-12(17)5-7-13-8-11-9-16(3)15-10(11)2/h9,13H,4-8H2,1-3H3,(H,14,17). The Morgan fingerprint density at radius 1 is 1.47 bits per heavy atom. The van der Waals surface area contributed by atoms with E-state index in [1.165, 1.54) is 5.56 Å². The molecule has 0 saturated carbocycles. The first-order valence-electron chi connectivity index (χ1n) is 6.10. The van der Waals surface area contributed by atoms with Crippen LogP contribution in [-0.2, 0) is 18.4 Å². The molecule has 1 aromatic heterocycles. The van der Waals surface area contributed by atoms with Gasteiger partial charge in [-0.1, -0.05) is 6.92 Å². The van der Waals surface area contributed by atoms with E-state index < -0.39 is 0 Å². The first-order chi connectivity index (χ1) is 8.13. The van der Waals surface area contributed by atoms with Crippen LogP contribution in [0.15, 0.2) is 6.20 Å². The fourth-order valence-corrected chi connectivity index (χ4v) is 1.60. The third-order valence-electron chi connectivity index (χ3n) is 2.53. The Morgan fingerprint density at radius 3 is 2.82 bits per heavy atom. The molecule has 1 amide bonds. The Labute approximate surface area is 103 Å². The minimum Gasteiger partial charge on any atom is -0.356 e. The third kappa shape index (κ3) is 4.99. The smallest absolute Gasteiger partial charge is 0.221 e. The van der Waals surface area contributed by atoms with Gasteiger partial charge in [-0.3, -0.25) is 9.48 Å². The lowest BCUT2D eigenvalue weighted by Crippen LogP contribution is -2.28. The first kappa shape index (κ1) is 13.7. The van der Waals surface area contributed by atoms with Gasteiger partial charge >= 0.3 is 0 Å². The van der Waals surface area contributed by atoms with E-state index in [4.69, 9.17) is 0 Å². The van der Waals surface area contributed by atoms with Crippen LogP contribution < -0.4 is 10.6 Å². The van der Waals surface area contributed by atoms with Gasteiger partial charge in [0, 0.05) is 44.9 Å². The van der Waals surface area contributed by atoms with E-state index in [9.17, 15) is 4.79 Å². The number of rotatable bonds is 7. The zero-order chi connectivity index (χ0) is 12.7. The zero-order valence-electron chi connectivity index (χ0n) is 10.9. The molecule has 1 aromatic rings. The van der Waals surface area contributed by atoms with Gasteiger partial charge in [-0.2, -0.15) is 5.10 Å². The molecule has 1 rings (SSSR count). The highest BCUT2D eigenvalue weighted by atomic mass is 16.1. The maximum Gasteiger partial charge on any atom is 0.221 e. The van der Waals surface area contributed by atoms with Crippen molar-refractivity contribution in [3.63, 3.8) is 0 Å². The largest absolute Gasteiger partial charge is 0.356 e. The summed E-state index contributed by atoms with van der Waals surface area (Å²) in [7, 11) is 1.91. The van der Waals surface area contributed by atoms with Gasteiger partial charge < -0.3 is 10.6 Å². The first-order valence-corrected chi connectivity index (χ1v) is 6.10. The number of hydrogen-bond acceptors (Lipinski definition) is 3. The van der Waals surface area contributed by atoms with Gasteiger partial charge in [0.15, 0.2) is 0 Å². The molecule has 5 heteroatoms. The Bertz CT molecular complexity index is 359. The van der Waals surface area contributed by atoms with Crippen molar-refractivity contribution in [1.29, 1.82) is 0 Å². The number of carbonyl (C=O) groups excluding carboxylic acids is 1. The molecule has 0 radical (unpaired) electrons. The van der Waals surface area contributed by atoms with Crippen LogP contribution in [0.5, 0.6) is 0 Å². The topological polar surface area (TPSA) is 59.0 Å². The van der Waals surface area contributed by atoms with Crippen molar-refractivity contribution in [1.82, 2.24) is 20.4 Å². The van der Waals surface area contributed by atoms with E-state index in [-0.39, 0.29) is 5.91 Å². The number of nitrogens with zero attached hydrogens (tertiary/aromatic N) is 2. The van der Waals surface area contributed by atoms with Gasteiger partial charge in [0.2, 0.25) is 5.91 Å². The summed E-state index contributed by atoms with van der Waals surface area (Å²) in [5.74, 6) is 0.113. The summed E-state index contributed by atoms with van der Waals surface area (Å²) in [5.41, 5.74) is 2.22. The van der Waals surface area contributed by atoms with Crippen LogP contribution in [0, 0.1) is 6.92 Å². The van der Waals surface area contributed by atoms with Crippen molar-refractivity contribution >= 4 is 5.91 Å². The zero-order valence-corrected chi connectivity index (χ0v) is 10.9. The minimum atomic E-state index is 0.113. The number of aryl methyl sites for hydroxylation is 2. The average molecular weight is 238 g/mol. The molecule has 0 unspecified atom stereocenters. The molecule has 0 fully saturated rings. The molecule has 0 aliphatic rings. The van der Waals surface area contributed by atoms with Crippen LogP contribution in [0.4, 0.5) is 0 Å². The lowest BCUT2D eigenvalue weighted by atomic mass is 10.2. The van der Waals surface area contributed by atoms with Crippen molar-refractivity contribution in [3.05, 3.63) is 17.5 Å². The summed E-state index contributed by atoms with van der Waals surface area (Å²) in [5, 5.41) is 10.4. The van der Waals surface area contributed by atoms with E-state index in [0.29, 0.717) is 13.0 Å². The highest BCUT2D eigenvalue weighted by Gasteiger charge is 2.03. The molecular weight excluding hydrogens is 216 g/mol. The molecule has 0 bridgehead atoms. The number of carbonyl (C=O) groups is 1. The van der Waals surface area contributed by atoms with Gasteiger partial charge in [-0.15, -0.1) is 0 Å². The molecule has 0 aliphatic carbocycles. The molecule has 0 aliphatic heterocycles. The van der Waals surface area contributed by atoms with Crippen molar-refractivity contribution in [2.24, 2.45) is 7.05 Å². The predicted octanol–water partition coefficient (Wildman–Crippen LogP) is 0.734. The monoisotopic (exact) mass is 238 g/mol. The van der Waals surface area contributed by atoms with Crippen LogP contribution in [0.1, 0.15) is 31.0 Å². The summed E-state index contributed by atoms with van der Waals surface area (Å²) in [6.45, 7) is 6.26. The second-order valence-electron chi connectivity index (χ2n) is 4.19. The van der Waals surface area contributed by atoms with Crippen LogP contribution >= 0.6 is 0 Å². The maximum atomic E-state index is 11.3. The molecule has 0 spiro atoms. The SMILES string of the molecule is CCCNC(=O)CCNCc1cn(C)nc1C. The molecule has 96 valence electrons. The van der Waals surface area contributed by atoms with Gasteiger partial charge in [-0.25, -0.2) is 0 Å². The molecular formula is C12H22N4O. The molecule has 2 N–H and O–H groups in total. The minimum absolute atomic E-state index is 0.113. The molecule has 0 aromatic carbocycles. The Hall–Kier alpha value is -1.36. The molecule has 17 heavy (non-hydrogen) atoms. The maximum absolute atomic E-state index is 11.3. The Morgan fingerprint density at radius 2 is 2.24 bits per heavy atom. The average Bonchev–Trinajstić information content (AvgIpc) is 2.60. The van der Waals surface area contributed by atoms with E-state index in [1.54, 1.807) is 4.68 Å². The van der Waals surface area contributed by atoms with Crippen LogP contribution in [0.2, 0.25) is 0 Å². The van der Waals surface area contributed by atoms with Gasteiger partial charge in [0.05, 0.1) is 5.69 Å². The Kier molecular flexibility index (Phi) is 5.69. The summed E-state index contributed by atoms with van der Waals surface area (Å²) < 4.78 is 1.81. The van der Waals surface area contributed by atoms with Crippen LogP contribution in [-0.4, -0.2) is 28.8 Å². The lowest BCUT2D eigenvalue weighted by Gasteiger charge is -2.04.